The SMILES string of the molecule is CC(C)Oc1nn(C[C@H](C)O)c2c1/C=C/c1[nH]nc3ncc(cc13)-c1cnn(C)c1O[C@@H]1COC[C@@H]1N(C)C2. The molecular weight excluding hydrogens is 500 g/mol. The number of hydrogen-bond donors (Lipinski definition) is 2. The van der Waals surface area contributed by atoms with E-state index < -0.39 is 6.10 Å². The lowest BCUT2D eigenvalue weighted by molar-refractivity contribution is 0.102. The molecule has 39 heavy (non-hydrogen) atoms. The second-order valence-electron chi connectivity index (χ2n) is 10.6. The molecule has 6 heterocycles. The standard InChI is InChI=1S/C27H34N8O4/c1-15(2)38-26-18-6-7-21-19-8-17(9-28-25(19)31-30-21)20-10-29-34(5)27(20)39-24-14-37-13-23(24)33(4)12-22(18)35(32-26)11-16(3)36/h6-10,15-16,23-24,36H,11-14H2,1-5H3,(H,28,30,31)/b7-6+/t16-,23-,24+/m0/s1. The quantitative estimate of drug-likeness (QED) is 0.406. The fourth-order valence-corrected chi connectivity index (χ4v) is 5.20. The minimum atomic E-state index is -0.581. The number of aromatic nitrogens is 7. The topological polar surface area (TPSA) is 128 Å². The van der Waals surface area contributed by atoms with Gasteiger partial charge in [-0.15, -0.1) is 5.10 Å². The molecule has 0 aromatic carbocycles. The van der Waals surface area contributed by atoms with Gasteiger partial charge >= 0.3 is 0 Å². The van der Waals surface area contributed by atoms with Crippen LogP contribution in [-0.4, -0.2) is 89.4 Å². The number of aliphatic hydroxyl groups is 1. The first-order chi connectivity index (χ1) is 18.8. The maximum Gasteiger partial charge on any atom is 0.240 e. The maximum absolute atomic E-state index is 10.3. The summed E-state index contributed by atoms with van der Waals surface area (Å²) >= 11 is 0. The van der Waals surface area contributed by atoms with Gasteiger partial charge < -0.3 is 19.3 Å². The fraction of sp³-hybridized carbons (Fsp3) is 0.481. The lowest BCUT2D eigenvalue weighted by Gasteiger charge is -2.29. The highest BCUT2D eigenvalue weighted by atomic mass is 16.6. The Morgan fingerprint density at radius 3 is 2.82 bits per heavy atom. The van der Waals surface area contributed by atoms with Crippen LogP contribution in [-0.2, 0) is 24.9 Å². The molecule has 0 saturated carbocycles. The predicted octanol–water partition coefficient (Wildman–Crippen LogP) is 2.48. The molecule has 12 heteroatoms. The Balaban J connectivity index is 1.55. The van der Waals surface area contributed by atoms with Gasteiger partial charge in [0.2, 0.25) is 11.8 Å². The van der Waals surface area contributed by atoms with Crippen molar-refractivity contribution >= 4 is 23.2 Å². The third-order valence-electron chi connectivity index (χ3n) is 7.13. The molecule has 2 aliphatic heterocycles. The predicted molar refractivity (Wildman–Crippen MR) is 145 cm³/mol. The number of aliphatic hydroxyl groups excluding tert-OH is 1. The molecule has 2 N–H and O–H groups in total. The van der Waals surface area contributed by atoms with E-state index in [0.29, 0.717) is 43.7 Å². The van der Waals surface area contributed by atoms with E-state index in [1.54, 1.807) is 24.0 Å². The van der Waals surface area contributed by atoms with E-state index in [2.05, 4.69) is 32.2 Å². The molecule has 4 aromatic rings. The van der Waals surface area contributed by atoms with Gasteiger partial charge in [0.05, 0.1) is 66.7 Å². The fourth-order valence-electron chi connectivity index (χ4n) is 5.20. The third-order valence-corrected chi connectivity index (χ3v) is 7.13. The van der Waals surface area contributed by atoms with Crippen LogP contribution in [0.25, 0.3) is 34.3 Å². The van der Waals surface area contributed by atoms with Crippen molar-refractivity contribution in [3.63, 3.8) is 0 Å². The number of ether oxygens (including phenoxy) is 3. The highest BCUT2D eigenvalue weighted by Crippen LogP contribution is 2.35. The Hall–Kier alpha value is -3.74. The zero-order chi connectivity index (χ0) is 27.3. The Bertz CT molecular complexity index is 1520. The number of nitrogens with one attached hydrogen (secondary N) is 1. The van der Waals surface area contributed by atoms with Crippen molar-refractivity contribution in [3.05, 3.63) is 35.4 Å². The first kappa shape index (κ1) is 25.5. The highest BCUT2D eigenvalue weighted by Gasteiger charge is 2.36. The molecule has 12 nitrogen and oxygen atoms in total. The molecule has 1 fully saturated rings. The molecule has 0 radical (unpaired) electrons. The van der Waals surface area contributed by atoms with Gasteiger partial charge in [-0.25, -0.2) is 9.67 Å². The summed E-state index contributed by atoms with van der Waals surface area (Å²) in [5.41, 5.74) is 4.94. The monoisotopic (exact) mass is 534 g/mol. The lowest BCUT2D eigenvalue weighted by atomic mass is 10.1. The lowest BCUT2D eigenvalue weighted by Crippen LogP contribution is -2.43. The molecule has 2 bridgehead atoms. The summed E-state index contributed by atoms with van der Waals surface area (Å²) < 4.78 is 22.2. The number of hydrogen-bond acceptors (Lipinski definition) is 9. The minimum absolute atomic E-state index is 0.0170. The average Bonchev–Trinajstić information content (AvgIpc) is 3.65. The van der Waals surface area contributed by atoms with Gasteiger partial charge in [-0.05, 0) is 46.0 Å². The van der Waals surface area contributed by atoms with Crippen LogP contribution in [0.4, 0.5) is 0 Å². The number of likely N-dealkylation sites (N-methyl/N-ethyl adjacent to an activating group) is 1. The zero-order valence-corrected chi connectivity index (χ0v) is 22.8. The first-order valence-electron chi connectivity index (χ1n) is 13.2. The molecule has 3 atom stereocenters. The van der Waals surface area contributed by atoms with E-state index in [4.69, 9.17) is 19.3 Å². The normalized spacial score (nSPS) is 21.2. The van der Waals surface area contributed by atoms with Gasteiger partial charge in [-0.1, -0.05) is 0 Å². The Morgan fingerprint density at radius 1 is 1.18 bits per heavy atom. The average molecular weight is 535 g/mol. The van der Waals surface area contributed by atoms with E-state index in [-0.39, 0.29) is 18.2 Å². The van der Waals surface area contributed by atoms with Crippen LogP contribution in [0.3, 0.4) is 0 Å². The summed E-state index contributed by atoms with van der Waals surface area (Å²) in [5.74, 6) is 1.18. The third kappa shape index (κ3) is 4.79. The Kier molecular flexibility index (Phi) is 6.61. The molecular formula is C27H34N8O4. The molecule has 6 rings (SSSR count). The molecule has 206 valence electrons. The maximum atomic E-state index is 10.3. The van der Waals surface area contributed by atoms with Gasteiger partial charge in [0.1, 0.15) is 6.10 Å². The molecule has 0 amide bonds. The van der Waals surface area contributed by atoms with E-state index >= 15 is 0 Å². The Labute approximate surface area is 226 Å². The second-order valence-corrected chi connectivity index (χ2v) is 10.6. The van der Waals surface area contributed by atoms with Crippen LogP contribution in [0, 0.1) is 0 Å². The Morgan fingerprint density at radius 2 is 2.03 bits per heavy atom. The molecule has 0 unspecified atom stereocenters. The summed E-state index contributed by atoms with van der Waals surface area (Å²) in [5, 5.41) is 27.9. The number of aromatic amines is 1. The number of rotatable bonds is 4. The van der Waals surface area contributed by atoms with Gasteiger partial charge in [-0.2, -0.15) is 10.2 Å². The highest BCUT2D eigenvalue weighted by molar-refractivity contribution is 5.90. The van der Waals surface area contributed by atoms with Crippen LogP contribution in [0.15, 0.2) is 18.5 Å². The smallest absolute Gasteiger partial charge is 0.240 e. The number of nitrogens with zero attached hydrogens (tertiary/aromatic N) is 7. The number of aryl methyl sites for hydroxylation is 1. The van der Waals surface area contributed by atoms with Gasteiger partial charge in [0, 0.05) is 30.7 Å². The van der Waals surface area contributed by atoms with E-state index in [1.807, 2.05) is 43.8 Å². The van der Waals surface area contributed by atoms with E-state index in [9.17, 15) is 5.11 Å². The number of pyridine rings is 1. The molecule has 0 spiro atoms. The summed E-state index contributed by atoms with van der Waals surface area (Å²) in [6, 6.07) is 2.03. The molecule has 1 saturated heterocycles. The minimum Gasteiger partial charge on any atom is -0.473 e. The second kappa shape index (κ2) is 10.1. The van der Waals surface area contributed by atoms with Gasteiger partial charge in [0.15, 0.2) is 5.65 Å². The largest absolute Gasteiger partial charge is 0.473 e. The van der Waals surface area contributed by atoms with Crippen LogP contribution in [0.5, 0.6) is 11.8 Å². The summed E-state index contributed by atoms with van der Waals surface area (Å²) in [4.78, 5) is 6.81. The number of fused-ring (bicyclic) bond motifs is 5. The molecule has 2 aliphatic rings. The summed E-state index contributed by atoms with van der Waals surface area (Å²) in [7, 11) is 3.93. The summed E-state index contributed by atoms with van der Waals surface area (Å²) in [6.45, 7) is 7.58. The summed E-state index contributed by atoms with van der Waals surface area (Å²) in [6.07, 6.45) is 6.70. The first-order valence-corrected chi connectivity index (χ1v) is 13.2. The van der Waals surface area contributed by atoms with Crippen LogP contribution >= 0.6 is 0 Å². The van der Waals surface area contributed by atoms with Crippen molar-refractivity contribution in [3.8, 4) is 22.9 Å². The van der Waals surface area contributed by atoms with Crippen molar-refractivity contribution in [1.29, 1.82) is 0 Å². The van der Waals surface area contributed by atoms with E-state index in [1.165, 1.54) is 0 Å². The van der Waals surface area contributed by atoms with Crippen molar-refractivity contribution in [2.45, 2.75) is 58.2 Å². The van der Waals surface area contributed by atoms with Crippen LogP contribution < -0.4 is 9.47 Å². The molecule has 0 aliphatic carbocycles. The van der Waals surface area contributed by atoms with Crippen molar-refractivity contribution in [1.82, 2.24) is 39.6 Å². The van der Waals surface area contributed by atoms with Crippen molar-refractivity contribution < 1.29 is 19.3 Å². The van der Waals surface area contributed by atoms with Crippen molar-refractivity contribution in [2.75, 3.05) is 20.3 Å². The van der Waals surface area contributed by atoms with Crippen molar-refractivity contribution in [2.24, 2.45) is 7.05 Å². The number of H-pyrrole nitrogens is 1. The van der Waals surface area contributed by atoms with Crippen LogP contribution in [0.2, 0.25) is 0 Å². The van der Waals surface area contributed by atoms with Gasteiger partial charge in [0.25, 0.3) is 0 Å². The zero-order valence-electron chi connectivity index (χ0n) is 22.8. The molecule has 4 aromatic heterocycles. The van der Waals surface area contributed by atoms with Crippen LogP contribution in [0.1, 0.15) is 37.7 Å². The van der Waals surface area contributed by atoms with E-state index in [0.717, 1.165) is 33.5 Å². The van der Waals surface area contributed by atoms with Gasteiger partial charge in [-0.3, -0.25) is 14.7 Å².